The van der Waals surface area contributed by atoms with E-state index in [2.05, 4.69) is 4.98 Å². The van der Waals surface area contributed by atoms with Gasteiger partial charge in [-0.25, -0.2) is 13.2 Å². The molecule has 4 rings (SSSR count). The van der Waals surface area contributed by atoms with Crippen molar-refractivity contribution in [3.8, 4) is 11.1 Å². The fraction of sp³-hybridized carbons (Fsp3) is 0.263. The number of aromatic nitrogens is 2. The van der Waals surface area contributed by atoms with Gasteiger partial charge in [-0.3, -0.25) is 9.78 Å². The molecule has 1 saturated heterocycles. The Morgan fingerprint density at radius 3 is 2.65 bits per heavy atom. The number of benzene rings is 1. The highest BCUT2D eigenvalue weighted by molar-refractivity contribution is 5.86. The number of alkyl halides is 1. The summed E-state index contributed by atoms with van der Waals surface area (Å²) in [6.07, 6.45) is 2.47. The number of hydrogen-bond donors (Lipinski definition) is 0. The summed E-state index contributed by atoms with van der Waals surface area (Å²) >= 11 is 0. The molecule has 7 heteroatoms. The van der Waals surface area contributed by atoms with Crippen LogP contribution in [0.2, 0.25) is 0 Å². The highest BCUT2D eigenvalue weighted by Gasteiger charge is 2.30. The normalized spacial score (nSPS) is 14.7. The minimum Gasteiger partial charge on any atom is -0.336 e. The zero-order valence-electron chi connectivity index (χ0n) is 14.0. The smallest absolute Gasteiger partial charge is 0.242 e. The Balaban J connectivity index is 1.70. The molecule has 2 aromatic heterocycles. The van der Waals surface area contributed by atoms with Crippen LogP contribution in [0.4, 0.5) is 13.2 Å². The van der Waals surface area contributed by atoms with E-state index in [9.17, 15) is 18.0 Å². The van der Waals surface area contributed by atoms with Gasteiger partial charge in [-0.2, -0.15) is 0 Å². The first-order valence-electron chi connectivity index (χ1n) is 8.25. The largest absolute Gasteiger partial charge is 0.336 e. The SMILES string of the molecule is Cc1cn(CC(=O)N2CC(F)C2)c2cc(-c3ccc(F)c(F)c3)cnc12. The van der Waals surface area contributed by atoms with Gasteiger partial charge < -0.3 is 9.47 Å². The van der Waals surface area contributed by atoms with E-state index in [-0.39, 0.29) is 25.5 Å². The molecule has 1 aromatic carbocycles. The van der Waals surface area contributed by atoms with E-state index < -0.39 is 17.8 Å². The zero-order chi connectivity index (χ0) is 18.4. The van der Waals surface area contributed by atoms with Crippen molar-refractivity contribution in [3.63, 3.8) is 0 Å². The summed E-state index contributed by atoms with van der Waals surface area (Å²) < 4.78 is 41.4. The average Bonchev–Trinajstić information content (AvgIpc) is 2.89. The summed E-state index contributed by atoms with van der Waals surface area (Å²) in [6, 6.07) is 5.46. The van der Waals surface area contributed by atoms with Crippen LogP contribution >= 0.6 is 0 Å². The summed E-state index contributed by atoms with van der Waals surface area (Å²) in [5, 5.41) is 0. The number of hydrogen-bond acceptors (Lipinski definition) is 2. The van der Waals surface area contributed by atoms with E-state index in [1.807, 2.05) is 13.1 Å². The highest BCUT2D eigenvalue weighted by atomic mass is 19.2. The van der Waals surface area contributed by atoms with Crippen LogP contribution < -0.4 is 0 Å². The lowest BCUT2D eigenvalue weighted by Gasteiger charge is -2.34. The molecule has 0 spiro atoms. The molecule has 4 nitrogen and oxygen atoms in total. The third-order valence-electron chi connectivity index (χ3n) is 4.65. The first-order valence-corrected chi connectivity index (χ1v) is 8.25. The van der Waals surface area contributed by atoms with Crippen molar-refractivity contribution >= 4 is 16.9 Å². The predicted molar refractivity (Wildman–Crippen MR) is 91.3 cm³/mol. The Kier molecular flexibility index (Phi) is 3.94. The molecule has 26 heavy (non-hydrogen) atoms. The first kappa shape index (κ1) is 16.6. The van der Waals surface area contributed by atoms with Crippen LogP contribution in [0.25, 0.3) is 22.2 Å². The topological polar surface area (TPSA) is 38.1 Å². The van der Waals surface area contributed by atoms with Crippen LogP contribution in [0.5, 0.6) is 0 Å². The van der Waals surface area contributed by atoms with Gasteiger partial charge in [0.15, 0.2) is 11.6 Å². The molecule has 0 bridgehead atoms. The van der Waals surface area contributed by atoms with Gasteiger partial charge >= 0.3 is 0 Å². The summed E-state index contributed by atoms with van der Waals surface area (Å²) in [6.45, 7) is 2.24. The van der Waals surface area contributed by atoms with Gasteiger partial charge in [0.25, 0.3) is 0 Å². The average molecular weight is 359 g/mol. The zero-order valence-corrected chi connectivity index (χ0v) is 14.0. The van der Waals surface area contributed by atoms with Gasteiger partial charge in [0.2, 0.25) is 5.91 Å². The van der Waals surface area contributed by atoms with Crippen LogP contribution in [0.1, 0.15) is 5.56 Å². The molecule has 3 aromatic rings. The molecular formula is C19H16F3N3O. The Hall–Kier alpha value is -2.83. The standard InChI is InChI=1S/C19H16F3N3O/c1-11-7-24(10-18(26)25-8-14(20)9-25)17-5-13(6-23-19(11)17)12-2-3-15(21)16(22)4-12/h2-7,14H,8-10H2,1H3. The molecule has 1 aliphatic rings. The van der Waals surface area contributed by atoms with E-state index in [0.717, 1.165) is 28.7 Å². The number of rotatable bonds is 3. The van der Waals surface area contributed by atoms with E-state index in [4.69, 9.17) is 0 Å². The second-order valence-corrected chi connectivity index (χ2v) is 6.56. The maximum Gasteiger partial charge on any atom is 0.242 e. The molecule has 0 atom stereocenters. The number of aryl methyl sites for hydroxylation is 1. The first-order chi connectivity index (χ1) is 12.4. The van der Waals surface area contributed by atoms with Crippen LogP contribution in [-0.4, -0.2) is 39.6 Å². The van der Waals surface area contributed by atoms with Crippen LogP contribution in [0.15, 0.2) is 36.7 Å². The van der Waals surface area contributed by atoms with Gasteiger partial charge in [-0.05, 0) is 36.2 Å². The van der Waals surface area contributed by atoms with Gasteiger partial charge in [-0.1, -0.05) is 6.07 Å². The van der Waals surface area contributed by atoms with Crippen LogP contribution in [0, 0.1) is 18.6 Å². The second-order valence-electron chi connectivity index (χ2n) is 6.56. The molecule has 1 amide bonds. The third kappa shape index (κ3) is 2.83. The van der Waals surface area contributed by atoms with Gasteiger partial charge in [0.1, 0.15) is 12.7 Å². The number of fused-ring (bicyclic) bond motifs is 1. The number of carbonyl (C=O) groups is 1. The number of halogens is 3. The number of carbonyl (C=O) groups excluding carboxylic acids is 1. The minimum atomic E-state index is -0.941. The van der Waals surface area contributed by atoms with Crippen molar-refractivity contribution in [2.75, 3.05) is 13.1 Å². The minimum absolute atomic E-state index is 0.0833. The molecule has 1 fully saturated rings. The Morgan fingerprint density at radius 1 is 1.19 bits per heavy atom. The van der Waals surface area contributed by atoms with Crippen molar-refractivity contribution < 1.29 is 18.0 Å². The van der Waals surface area contributed by atoms with Crippen LogP contribution in [0.3, 0.4) is 0 Å². The van der Waals surface area contributed by atoms with Crippen LogP contribution in [-0.2, 0) is 11.3 Å². The lowest BCUT2D eigenvalue weighted by atomic mass is 10.1. The molecule has 0 unspecified atom stereocenters. The van der Waals surface area contributed by atoms with E-state index in [0.29, 0.717) is 11.1 Å². The lowest BCUT2D eigenvalue weighted by molar-refractivity contribution is -0.138. The summed E-state index contributed by atoms with van der Waals surface area (Å²) in [5.41, 5.74) is 3.47. The van der Waals surface area contributed by atoms with Crippen molar-refractivity contribution in [3.05, 3.63) is 53.9 Å². The monoisotopic (exact) mass is 359 g/mol. The number of amides is 1. The third-order valence-corrected chi connectivity index (χ3v) is 4.65. The molecule has 134 valence electrons. The summed E-state index contributed by atoms with van der Waals surface area (Å²) in [7, 11) is 0. The van der Waals surface area contributed by atoms with Crippen molar-refractivity contribution in [1.29, 1.82) is 0 Å². The Morgan fingerprint density at radius 2 is 1.96 bits per heavy atom. The van der Waals surface area contributed by atoms with Crippen molar-refractivity contribution in [1.82, 2.24) is 14.5 Å². The summed E-state index contributed by atoms with van der Waals surface area (Å²) in [4.78, 5) is 18.1. The maximum atomic E-state index is 13.5. The van der Waals surface area contributed by atoms with Crippen molar-refractivity contribution in [2.24, 2.45) is 0 Å². The highest BCUT2D eigenvalue weighted by Crippen LogP contribution is 2.27. The second kappa shape index (κ2) is 6.16. The Labute approximate surface area is 147 Å². The quantitative estimate of drug-likeness (QED) is 0.718. The molecule has 0 N–H and O–H groups in total. The molecule has 3 heterocycles. The molecule has 0 aliphatic carbocycles. The maximum absolute atomic E-state index is 13.5. The number of nitrogens with zero attached hydrogens (tertiary/aromatic N) is 3. The predicted octanol–water partition coefficient (Wildman–Crippen LogP) is 3.47. The Bertz CT molecular complexity index is 1010. The van der Waals surface area contributed by atoms with Gasteiger partial charge in [-0.15, -0.1) is 0 Å². The lowest BCUT2D eigenvalue weighted by Crippen LogP contribution is -2.52. The van der Waals surface area contributed by atoms with Gasteiger partial charge in [0, 0.05) is 18.0 Å². The fourth-order valence-electron chi connectivity index (χ4n) is 3.18. The number of likely N-dealkylation sites (tertiary alicyclic amines) is 1. The fourth-order valence-corrected chi connectivity index (χ4v) is 3.18. The van der Waals surface area contributed by atoms with Gasteiger partial charge in [0.05, 0.1) is 24.1 Å². The molecular weight excluding hydrogens is 343 g/mol. The molecule has 0 saturated carbocycles. The van der Waals surface area contributed by atoms with E-state index in [1.165, 1.54) is 11.0 Å². The summed E-state index contributed by atoms with van der Waals surface area (Å²) in [5.74, 6) is -2.00. The molecule has 0 radical (unpaired) electrons. The number of pyridine rings is 1. The van der Waals surface area contributed by atoms with E-state index in [1.54, 1.807) is 16.8 Å². The van der Waals surface area contributed by atoms with E-state index >= 15 is 0 Å². The van der Waals surface area contributed by atoms with Crippen molar-refractivity contribution in [2.45, 2.75) is 19.6 Å². The molecule has 1 aliphatic heterocycles.